The number of rotatable bonds is 3. The third kappa shape index (κ3) is 3.12. The largest absolute Gasteiger partial charge is 0.433 e. The summed E-state index contributed by atoms with van der Waals surface area (Å²) in [4.78, 5) is 11.8. The topological polar surface area (TPSA) is 77.7 Å². The standard InChI is InChI=1S/C15H12F3N4O2SSi/c1-3-25(23,24)10-4-5-12(26)21-13(10)14-20-8-6-11(15(16,17)18)19-7-9(8)22(14)2/h4-7H,3H2,1-2H3. The molecule has 0 saturated heterocycles. The molecule has 0 aromatic carbocycles. The molecule has 26 heavy (non-hydrogen) atoms. The number of hydrogen-bond acceptors (Lipinski definition) is 5. The Morgan fingerprint density at radius 3 is 2.54 bits per heavy atom. The van der Waals surface area contributed by atoms with Crippen LogP contribution in [0.25, 0.3) is 22.6 Å². The zero-order valence-corrected chi connectivity index (χ0v) is 15.5. The predicted octanol–water partition coefficient (Wildman–Crippen LogP) is 1.64. The summed E-state index contributed by atoms with van der Waals surface area (Å²) < 4.78 is 64.8. The minimum Gasteiger partial charge on any atom is -0.324 e. The quantitative estimate of drug-likeness (QED) is 0.628. The van der Waals surface area contributed by atoms with Crippen LogP contribution in [0.1, 0.15) is 12.6 Å². The zero-order valence-electron chi connectivity index (χ0n) is 13.7. The predicted molar refractivity (Wildman–Crippen MR) is 89.9 cm³/mol. The molecule has 0 bridgehead atoms. The summed E-state index contributed by atoms with van der Waals surface area (Å²) in [6, 6.07) is 3.70. The molecule has 6 nitrogen and oxygen atoms in total. The van der Waals surface area contributed by atoms with Crippen molar-refractivity contribution in [3.8, 4) is 11.5 Å². The van der Waals surface area contributed by atoms with E-state index in [0.717, 1.165) is 12.3 Å². The van der Waals surface area contributed by atoms with E-state index < -0.39 is 21.7 Å². The monoisotopic (exact) mass is 397 g/mol. The van der Waals surface area contributed by atoms with Crippen LogP contribution in [-0.2, 0) is 23.1 Å². The van der Waals surface area contributed by atoms with Gasteiger partial charge in [-0.2, -0.15) is 13.2 Å². The molecule has 3 heterocycles. The van der Waals surface area contributed by atoms with Crippen molar-refractivity contribution in [3.05, 3.63) is 30.1 Å². The number of alkyl halides is 3. The van der Waals surface area contributed by atoms with Crippen LogP contribution in [0.5, 0.6) is 0 Å². The fourth-order valence-electron chi connectivity index (χ4n) is 2.47. The number of pyridine rings is 2. The molecule has 0 unspecified atom stereocenters. The maximum Gasteiger partial charge on any atom is 0.433 e. The van der Waals surface area contributed by atoms with Gasteiger partial charge >= 0.3 is 6.18 Å². The van der Waals surface area contributed by atoms with E-state index in [1.54, 1.807) is 7.05 Å². The second-order valence-electron chi connectivity index (χ2n) is 5.50. The summed E-state index contributed by atoms with van der Waals surface area (Å²) in [5, 5.41) is 0.371. The summed E-state index contributed by atoms with van der Waals surface area (Å²) in [6.45, 7) is 1.50. The first-order valence-corrected chi connectivity index (χ1v) is 9.55. The number of halogens is 3. The van der Waals surface area contributed by atoms with Crippen LogP contribution in [0.4, 0.5) is 13.2 Å². The van der Waals surface area contributed by atoms with Crippen LogP contribution < -0.4 is 5.32 Å². The van der Waals surface area contributed by atoms with E-state index >= 15 is 0 Å². The average Bonchev–Trinajstić information content (AvgIpc) is 2.90. The maximum atomic E-state index is 12.9. The van der Waals surface area contributed by atoms with Gasteiger partial charge in [-0.3, -0.25) is 4.98 Å². The number of nitrogens with zero attached hydrogens (tertiary/aromatic N) is 4. The van der Waals surface area contributed by atoms with Gasteiger partial charge in [0.15, 0.2) is 15.7 Å². The third-order valence-electron chi connectivity index (χ3n) is 3.84. The van der Waals surface area contributed by atoms with Gasteiger partial charge in [0.25, 0.3) is 0 Å². The molecule has 0 atom stereocenters. The van der Waals surface area contributed by atoms with Crippen LogP contribution in [-0.4, -0.2) is 43.9 Å². The first kappa shape index (κ1) is 18.5. The molecule has 0 N–H and O–H groups in total. The average molecular weight is 397 g/mol. The van der Waals surface area contributed by atoms with Gasteiger partial charge in [-0.25, -0.2) is 18.4 Å². The Bertz CT molecular complexity index is 1110. The number of aryl methyl sites for hydroxylation is 1. The van der Waals surface area contributed by atoms with Gasteiger partial charge in [-0.05, 0) is 18.2 Å². The van der Waals surface area contributed by atoms with Crippen LogP contribution in [0.15, 0.2) is 29.3 Å². The lowest BCUT2D eigenvalue weighted by molar-refractivity contribution is -0.141. The lowest BCUT2D eigenvalue weighted by Crippen LogP contribution is -2.15. The van der Waals surface area contributed by atoms with Crippen LogP contribution in [0, 0.1) is 0 Å². The SMILES string of the molecule is CCS(=O)(=O)c1ccc([Si])nc1-c1nc2cc(C(F)(F)F)ncc2n1C. The van der Waals surface area contributed by atoms with Crippen molar-refractivity contribution < 1.29 is 21.6 Å². The summed E-state index contributed by atoms with van der Waals surface area (Å²) in [6.07, 6.45) is -3.55. The van der Waals surface area contributed by atoms with Gasteiger partial charge in [0.05, 0.1) is 38.1 Å². The second kappa shape index (κ2) is 6.16. The highest BCUT2D eigenvalue weighted by Gasteiger charge is 2.33. The number of fused-ring (bicyclic) bond motifs is 1. The Labute approximate surface area is 150 Å². The van der Waals surface area contributed by atoms with E-state index in [1.807, 2.05) is 0 Å². The zero-order chi connectivity index (χ0) is 19.3. The molecule has 135 valence electrons. The number of imidazole rings is 1. The van der Waals surface area contributed by atoms with Gasteiger partial charge in [-0.1, -0.05) is 6.92 Å². The third-order valence-corrected chi connectivity index (χ3v) is 5.88. The van der Waals surface area contributed by atoms with Crippen molar-refractivity contribution in [2.45, 2.75) is 18.0 Å². The lowest BCUT2D eigenvalue weighted by Gasteiger charge is -2.09. The van der Waals surface area contributed by atoms with Crippen LogP contribution in [0.2, 0.25) is 0 Å². The Morgan fingerprint density at radius 1 is 1.23 bits per heavy atom. The normalized spacial score (nSPS) is 12.7. The summed E-state index contributed by atoms with van der Waals surface area (Å²) in [5.74, 6) is -0.0137. The van der Waals surface area contributed by atoms with Gasteiger partial charge in [0.2, 0.25) is 0 Å². The van der Waals surface area contributed by atoms with Gasteiger partial charge < -0.3 is 4.57 Å². The highest BCUT2D eigenvalue weighted by atomic mass is 32.2. The molecule has 11 heteroatoms. The maximum absolute atomic E-state index is 12.9. The number of aromatic nitrogens is 4. The highest BCUT2D eigenvalue weighted by Crippen LogP contribution is 2.31. The molecule has 3 rings (SSSR count). The van der Waals surface area contributed by atoms with Crippen molar-refractivity contribution in [2.24, 2.45) is 7.05 Å². The molecular weight excluding hydrogens is 385 g/mol. The minimum atomic E-state index is -4.60. The Kier molecular flexibility index (Phi) is 4.39. The van der Waals surface area contributed by atoms with Crippen LogP contribution >= 0.6 is 0 Å². The van der Waals surface area contributed by atoms with Crippen molar-refractivity contribution in [1.82, 2.24) is 19.5 Å². The molecule has 0 spiro atoms. The molecule has 0 aliphatic rings. The minimum absolute atomic E-state index is 0.0376. The molecule has 3 radical (unpaired) electrons. The van der Waals surface area contributed by atoms with Crippen LogP contribution in [0.3, 0.4) is 0 Å². The van der Waals surface area contributed by atoms with E-state index in [0.29, 0.717) is 10.8 Å². The molecule has 3 aromatic heterocycles. The number of sulfone groups is 1. The van der Waals surface area contributed by atoms with E-state index in [-0.39, 0.29) is 27.7 Å². The molecule has 3 aromatic rings. The summed E-state index contributed by atoms with van der Waals surface area (Å²) >= 11 is 0. The molecule has 0 amide bonds. The smallest absolute Gasteiger partial charge is 0.324 e. The van der Waals surface area contributed by atoms with E-state index in [1.165, 1.54) is 23.6 Å². The molecule has 0 aliphatic carbocycles. The lowest BCUT2D eigenvalue weighted by atomic mass is 10.3. The number of hydrogen-bond donors (Lipinski definition) is 0. The summed E-state index contributed by atoms with van der Waals surface area (Å²) in [7, 11) is 1.19. The molecule has 0 saturated carbocycles. The van der Waals surface area contributed by atoms with E-state index in [9.17, 15) is 21.6 Å². The fourth-order valence-corrected chi connectivity index (χ4v) is 3.68. The second-order valence-corrected chi connectivity index (χ2v) is 8.26. The Morgan fingerprint density at radius 2 is 1.92 bits per heavy atom. The van der Waals surface area contributed by atoms with E-state index in [2.05, 4.69) is 25.2 Å². The van der Waals surface area contributed by atoms with Crippen molar-refractivity contribution in [2.75, 3.05) is 5.75 Å². The van der Waals surface area contributed by atoms with E-state index in [4.69, 9.17) is 0 Å². The summed E-state index contributed by atoms with van der Waals surface area (Å²) in [5.41, 5.74) is -0.635. The van der Waals surface area contributed by atoms with Gasteiger partial charge in [0, 0.05) is 12.4 Å². The first-order chi connectivity index (χ1) is 12.0. The molecule has 0 fully saturated rings. The van der Waals surface area contributed by atoms with Crippen molar-refractivity contribution in [1.29, 1.82) is 0 Å². The fraction of sp³-hybridized carbons (Fsp3) is 0.267. The highest BCUT2D eigenvalue weighted by molar-refractivity contribution is 7.91. The van der Waals surface area contributed by atoms with Gasteiger partial charge in [-0.15, -0.1) is 0 Å². The molecule has 0 aliphatic heterocycles. The Hall–Kier alpha value is -2.27. The van der Waals surface area contributed by atoms with Crippen molar-refractivity contribution >= 4 is 36.4 Å². The molecular formula is C15H12F3N4O2SSi. The van der Waals surface area contributed by atoms with Gasteiger partial charge in [0.1, 0.15) is 11.4 Å². The Balaban J connectivity index is 2.30. The van der Waals surface area contributed by atoms with Crippen molar-refractivity contribution in [3.63, 3.8) is 0 Å². The first-order valence-electron chi connectivity index (χ1n) is 7.40.